The van der Waals surface area contributed by atoms with E-state index in [4.69, 9.17) is 4.74 Å². The van der Waals surface area contributed by atoms with Gasteiger partial charge in [-0.1, -0.05) is 39.7 Å². The summed E-state index contributed by atoms with van der Waals surface area (Å²) in [5.41, 5.74) is 2.52. The lowest BCUT2D eigenvalue weighted by atomic mass is 10.1. The molecular weight excluding hydrogens is 240 g/mol. The maximum absolute atomic E-state index is 5.09. The molecule has 0 aliphatic carbocycles. The Morgan fingerprint density at radius 2 is 1.93 bits per heavy atom. The molecule has 2 heteroatoms. The van der Waals surface area contributed by atoms with Crippen molar-refractivity contribution < 1.29 is 4.74 Å². The molecule has 0 fully saturated rings. The van der Waals surface area contributed by atoms with Crippen molar-refractivity contribution in [1.82, 2.24) is 0 Å². The Morgan fingerprint density at radius 1 is 1.36 bits per heavy atom. The van der Waals surface area contributed by atoms with Gasteiger partial charge in [0.15, 0.2) is 0 Å². The molecule has 0 saturated heterocycles. The number of halogens is 1. The predicted octanol–water partition coefficient (Wildman–Crippen LogP) is 3.88. The van der Waals surface area contributed by atoms with Gasteiger partial charge in [-0.25, -0.2) is 0 Å². The number of hydrogen-bond acceptors (Lipinski definition) is 1. The summed E-state index contributed by atoms with van der Waals surface area (Å²) in [5, 5.41) is 0. The van der Waals surface area contributed by atoms with Crippen LogP contribution in [0.1, 0.15) is 19.4 Å². The number of rotatable bonds is 3. The average Bonchev–Trinajstić information content (AvgIpc) is 2.19. The van der Waals surface area contributed by atoms with Gasteiger partial charge in [0.05, 0.1) is 7.11 Å². The van der Waals surface area contributed by atoms with Crippen LogP contribution in [0, 0.1) is 0 Å². The molecule has 1 aromatic carbocycles. The van der Waals surface area contributed by atoms with Crippen molar-refractivity contribution in [2.45, 2.75) is 18.7 Å². The van der Waals surface area contributed by atoms with Crippen LogP contribution in [0.15, 0.2) is 29.8 Å². The standard InChI is InChI=1S/C12H15BrO/c1-9(10(2)13)8-11-4-6-12(14-3)7-5-11/h4-8,10H,1-3H3/b9-8-. The third-order valence-corrected chi connectivity index (χ3v) is 2.86. The molecule has 1 aromatic rings. The fraction of sp³-hybridized carbons (Fsp3) is 0.333. The normalized spacial score (nSPS) is 13.9. The molecule has 0 N–H and O–H groups in total. The van der Waals surface area contributed by atoms with Crippen LogP contribution < -0.4 is 4.74 Å². The molecule has 14 heavy (non-hydrogen) atoms. The second kappa shape index (κ2) is 5.20. The van der Waals surface area contributed by atoms with Crippen LogP contribution in [-0.2, 0) is 0 Å². The van der Waals surface area contributed by atoms with Crippen LogP contribution in [0.4, 0.5) is 0 Å². The van der Waals surface area contributed by atoms with E-state index < -0.39 is 0 Å². The number of allylic oxidation sites excluding steroid dienone is 1. The molecule has 1 nitrogen and oxygen atoms in total. The lowest BCUT2D eigenvalue weighted by molar-refractivity contribution is 0.415. The van der Waals surface area contributed by atoms with Crippen molar-refractivity contribution in [3.05, 3.63) is 35.4 Å². The zero-order valence-electron chi connectivity index (χ0n) is 8.75. The van der Waals surface area contributed by atoms with Crippen molar-refractivity contribution in [3.8, 4) is 5.75 Å². The first-order chi connectivity index (χ1) is 6.63. The Hall–Kier alpha value is -0.760. The van der Waals surface area contributed by atoms with Gasteiger partial charge in [0, 0.05) is 4.83 Å². The number of benzene rings is 1. The molecule has 0 saturated carbocycles. The summed E-state index contributed by atoms with van der Waals surface area (Å²) in [6.07, 6.45) is 2.17. The maximum Gasteiger partial charge on any atom is 0.118 e. The van der Waals surface area contributed by atoms with Crippen molar-refractivity contribution in [3.63, 3.8) is 0 Å². The van der Waals surface area contributed by atoms with E-state index in [9.17, 15) is 0 Å². The quantitative estimate of drug-likeness (QED) is 0.745. The van der Waals surface area contributed by atoms with Crippen LogP contribution in [0.5, 0.6) is 5.75 Å². The van der Waals surface area contributed by atoms with E-state index in [1.54, 1.807) is 7.11 Å². The van der Waals surface area contributed by atoms with Gasteiger partial charge in [-0.15, -0.1) is 0 Å². The van der Waals surface area contributed by atoms with Crippen molar-refractivity contribution in [2.24, 2.45) is 0 Å². The molecule has 1 unspecified atom stereocenters. The Labute approximate surface area is 93.9 Å². The highest BCUT2D eigenvalue weighted by molar-refractivity contribution is 9.09. The number of hydrogen-bond donors (Lipinski definition) is 0. The van der Waals surface area contributed by atoms with E-state index in [1.807, 2.05) is 12.1 Å². The van der Waals surface area contributed by atoms with Crippen LogP contribution in [0.3, 0.4) is 0 Å². The molecule has 0 spiro atoms. The molecule has 0 aliphatic rings. The Morgan fingerprint density at radius 3 is 2.36 bits per heavy atom. The van der Waals surface area contributed by atoms with Crippen LogP contribution >= 0.6 is 15.9 Å². The minimum Gasteiger partial charge on any atom is -0.497 e. The summed E-state index contributed by atoms with van der Waals surface area (Å²) >= 11 is 3.53. The molecule has 0 amide bonds. The topological polar surface area (TPSA) is 9.23 Å². The minimum absolute atomic E-state index is 0.421. The minimum atomic E-state index is 0.421. The first-order valence-electron chi connectivity index (χ1n) is 4.60. The SMILES string of the molecule is COc1ccc(/C=C(/C)C(C)Br)cc1. The van der Waals surface area contributed by atoms with Crippen LogP contribution in [-0.4, -0.2) is 11.9 Å². The molecular formula is C12H15BrO. The Kier molecular flexibility index (Phi) is 4.21. The van der Waals surface area contributed by atoms with E-state index in [2.05, 4.69) is 48.0 Å². The van der Waals surface area contributed by atoms with Crippen molar-refractivity contribution in [1.29, 1.82) is 0 Å². The van der Waals surface area contributed by atoms with Crippen molar-refractivity contribution in [2.75, 3.05) is 7.11 Å². The third kappa shape index (κ3) is 3.18. The van der Waals surface area contributed by atoms with Gasteiger partial charge in [-0.3, -0.25) is 0 Å². The second-order valence-corrected chi connectivity index (χ2v) is 4.65. The maximum atomic E-state index is 5.09. The zero-order valence-corrected chi connectivity index (χ0v) is 10.3. The Bertz CT molecular complexity index is 312. The smallest absolute Gasteiger partial charge is 0.118 e. The summed E-state index contributed by atoms with van der Waals surface area (Å²) in [7, 11) is 1.68. The highest BCUT2D eigenvalue weighted by Crippen LogP contribution is 2.17. The molecule has 0 aliphatic heterocycles. The van der Waals surface area contributed by atoms with Crippen LogP contribution in [0.25, 0.3) is 6.08 Å². The summed E-state index contributed by atoms with van der Waals surface area (Å²) in [4.78, 5) is 0.421. The fourth-order valence-electron chi connectivity index (χ4n) is 1.08. The summed E-state index contributed by atoms with van der Waals surface area (Å²) < 4.78 is 5.09. The molecule has 1 rings (SSSR count). The molecule has 0 bridgehead atoms. The van der Waals surface area contributed by atoms with E-state index in [-0.39, 0.29) is 0 Å². The number of alkyl halides is 1. The lowest BCUT2D eigenvalue weighted by Gasteiger charge is -2.04. The van der Waals surface area contributed by atoms with E-state index >= 15 is 0 Å². The first kappa shape index (κ1) is 11.3. The largest absolute Gasteiger partial charge is 0.497 e. The number of methoxy groups -OCH3 is 1. The first-order valence-corrected chi connectivity index (χ1v) is 5.51. The highest BCUT2D eigenvalue weighted by atomic mass is 79.9. The average molecular weight is 255 g/mol. The summed E-state index contributed by atoms with van der Waals surface area (Å²) in [6, 6.07) is 8.05. The molecule has 0 aromatic heterocycles. The van der Waals surface area contributed by atoms with Gasteiger partial charge in [-0.2, -0.15) is 0 Å². The summed E-state index contributed by atoms with van der Waals surface area (Å²) in [6.45, 7) is 4.24. The van der Waals surface area contributed by atoms with Gasteiger partial charge in [0.25, 0.3) is 0 Å². The van der Waals surface area contributed by atoms with Gasteiger partial charge < -0.3 is 4.74 Å². The van der Waals surface area contributed by atoms with E-state index in [0.29, 0.717) is 4.83 Å². The van der Waals surface area contributed by atoms with Gasteiger partial charge in [0.2, 0.25) is 0 Å². The highest BCUT2D eigenvalue weighted by Gasteiger charge is 1.98. The Balaban J connectivity index is 2.83. The third-order valence-electron chi connectivity index (χ3n) is 2.14. The van der Waals surface area contributed by atoms with Gasteiger partial charge >= 0.3 is 0 Å². The van der Waals surface area contributed by atoms with Crippen LogP contribution in [0.2, 0.25) is 0 Å². The van der Waals surface area contributed by atoms with Crippen molar-refractivity contribution >= 4 is 22.0 Å². The van der Waals surface area contributed by atoms with Gasteiger partial charge in [-0.05, 0) is 31.5 Å². The lowest BCUT2D eigenvalue weighted by Crippen LogP contribution is -1.90. The fourth-order valence-corrected chi connectivity index (χ4v) is 1.21. The summed E-state index contributed by atoms with van der Waals surface area (Å²) in [5.74, 6) is 0.895. The molecule has 76 valence electrons. The monoisotopic (exact) mass is 254 g/mol. The molecule has 0 radical (unpaired) electrons. The van der Waals surface area contributed by atoms with E-state index in [0.717, 1.165) is 5.75 Å². The van der Waals surface area contributed by atoms with E-state index in [1.165, 1.54) is 11.1 Å². The molecule has 1 atom stereocenters. The van der Waals surface area contributed by atoms with Gasteiger partial charge in [0.1, 0.15) is 5.75 Å². The molecule has 0 heterocycles. The number of ether oxygens (including phenoxy) is 1. The second-order valence-electron chi connectivity index (χ2n) is 3.28. The predicted molar refractivity (Wildman–Crippen MR) is 65.0 cm³/mol. The zero-order chi connectivity index (χ0) is 10.6.